The number of anilines is 2. The van der Waals surface area contributed by atoms with Gasteiger partial charge in [0.15, 0.2) is 5.75 Å². The predicted molar refractivity (Wildman–Crippen MR) is 46.6 cm³/mol. The van der Waals surface area contributed by atoms with Crippen molar-refractivity contribution in [1.29, 1.82) is 0 Å². The van der Waals surface area contributed by atoms with E-state index in [4.69, 9.17) is 5.73 Å². The second kappa shape index (κ2) is 4.17. The zero-order valence-corrected chi connectivity index (χ0v) is 7.67. The van der Waals surface area contributed by atoms with Crippen LogP contribution in [0.3, 0.4) is 0 Å². The summed E-state index contributed by atoms with van der Waals surface area (Å²) in [5.41, 5.74) is 4.85. The average Bonchev–Trinajstić information content (AvgIpc) is 2.06. The van der Waals surface area contributed by atoms with Gasteiger partial charge in [-0.2, -0.15) is 0 Å². The molecule has 5 nitrogen and oxygen atoms in total. The molecule has 1 amide bonds. The number of nitrogens with two attached hydrogens (primary N) is 1. The van der Waals surface area contributed by atoms with Gasteiger partial charge in [0.05, 0.1) is 5.69 Å². The van der Waals surface area contributed by atoms with Crippen molar-refractivity contribution in [2.45, 2.75) is 6.36 Å². The van der Waals surface area contributed by atoms with Crippen molar-refractivity contribution in [1.82, 2.24) is 0 Å². The molecule has 0 atom stereocenters. The Labute approximate surface area is 87.6 Å². The van der Waals surface area contributed by atoms with Gasteiger partial charge in [-0.3, -0.25) is 0 Å². The largest absolute Gasteiger partial charge is 0.573 e. The monoisotopic (exact) mass is 235 g/mol. The lowest BCUT2D eigenvalue weighted by Crippen LogP contribution is -2.29. The Bertz CT molecular complexity index is 406. The Balaban J connectivity index is 3.03. The molecule has 0 aliphatic carbocycles. The second-order valence-corrected chi connectivity index (χ2v) is 2.72. The number of hydrogen-bond acceptors (Lipinski definition) is 4. The fourth-order valence-electron chi connectivity index (χ4n) is 0.961. The summed E-state index contributed by atoms with van der Waals surface area (Å²) >= 11 is 0. The third-order valence-electron chi connectivity index (χ3n) is 1.47. The van der Waals surface area contributed by atoms with Gasteiger partial charge in [-0.15, -0.1) is 13.2 Å². The molecule has 0 saturated heterocycles. The molecule has 0 saturated carbocycles. The van der Waals surface area contributed by atoms with Crippen LogP contribution < -0.4 is 20.9 Å². The van der Waals surface area contributed by atoms with Gasteiger partial charge in [-0.05, 0) is 12.1 Å². The van der Waals surface area contributed by atoms with E-state index < -0.39 is 23.9 Å². The first-order chi connectivity index (χ1) is 7.28. The molecule has 0 spiro atoms. The fourth-order valence-corrected chi connectivity index (χ4v) is 0.961. The standard InChI is InChI=1S/C8H7F3N2O3/c9-8(10,11)16-6-3-4(12)1-2-5(6)13-7(14)15/h1-3,13H,12H2,(H,14,15)/p-1. The number of hydrogen-bond donors (Lipinski definition) is 2. The molecule has 16 heavy (non-hydrogen) atoms. The van der Waals surface area contributed by atoms with Crippen LogP contribution in [-0.2, 0) is 0 Å². The topological polar surface area (TPSA) is 87.4 Å². The highest BCUT2D eigenvalue weighted by Gasteiger charge is 2.32. The fraction of sp³-hybridized carbons (Fsp3) is 0.125. The Morgan fingerprint density at radius 3 is 2.56 bits per heavy atom. The van der Waals surface area contributed by atoms with Crippen LogP contribution in [-0.4, -0.2) is 12.5 Å². The molecule has 0 unspecified atom stereocenters. The van der Waals surface area contributed by atoms with Crippen LogP contribution >= 0.6 is 0 Å². The summed E-state index contributed by atoms with van der Waals surface area (Å²) in [7, 11) is 0. The van der Waals surface area contributed by atoms with Crippen LogP contribution in [0.1, 0.15) is 0 Å². The number of amides is 1. The van der Waals surface area contributed by atoms with Gasteiger partial charge in [0.25, 0.3) is 0 Å². The van der Waals surface area contributed by atoms with Crippen molar-refractivity contribution in [3.63, 3.8) is 0 Å². The summed E-state index contributed by atoms with van der Waals surface area (Å²) in [5, 5.41) is 11.8. The maximum absolute atomic E-state index is 11.9. The van der Waals surface area contributed by atoms with Crippen molar-refractivity contribution >= 4 is 17.5 Å². The van der Waals surface area contributed by atoms with E-state index in [1.807, 2.05) is 0 Å². The summed E-state index contributed by atoms with van der Waals surface area (Å²) in [6.07, 6.45) is -6.69. The lowest BCUT2D eigenvalue weighted by atomic mass is 10.2. The number of nitrogen functional groups attached to an aromatic ring is 1. The molecule has 0 radical (unpaired) electrons. The van der Waals surface area contributed by atoms with Crippen LogP contribution in [0.4, 0.5) is 29.3 Å². The third kappa shape index (κ3) is 3.56. The number of benzene rings is 1. The van der Waals surface area contributed by atoms with Gasteiger partial charge >= 0.3 is 6.36 Å². The number of carboxylic acid groups (broad SMARTS) is 1. The van der Waals surface area contributed by atoms with Crippen LogP contribution in [0.25, 0.3) is 0 Å². The molecule has 0 fully saturated rings. The molecule has 3 N–H and O–H groups in total. The van der Waals surface area contributed by atoms with Crippen molar-refractivity contribution in [3.05, 3.63) is 18.2 Å². The smallest absolute Gasteiger partial charge is 0.530 e. The molecule has 0 bridgehead atoms. The van der Waals surface area contributed by atoms with E-state index in [-0.39, 0.29) is 5.69 Å². The van der Waals surface area contributed by atoms with Gasteiger partial charge in [0.1, 0.15) is 6.09 Å². The van der Waals surface area contributed by atoms with Crippen LogP contribution in [0, 0.1) is 0 Å². The summed E-state index contributed by atoms with van der Waals surface area (Å²) in [4.78, 5) is 10.2. The quantitative estimate of drug-likeness (QED) is 0.746. The third-order valence-corrected chi connectivity index (χ3v) is 1.47. The maximum Gasteiger partial charge on any atom is 0.573 e. The highest BCUT2D eigenvalue weighted by Crippen LogP contribution is 2.31. The van der Waals surface area contributed by atoms with E-state index >= 15 is 0 Å². The normalized spacial score (nSPS) is 10.9. The van der Waals surface area contributed by atoms with E-state index in [0.717, 1.165) is 12.1 Å². The molecule has 0 aromatic heterocycles. The maximum atomic E-state index is 11.9. The Kier molecular flexibility index (Phi) is 3.11. The van der Waals surface area contributed by atoms with Crippen LogP contribution in [0.2, 0.25) is 0 Å². The van der Waals surface area contributed by atoms with E-state index in [1.165, 1.54) is 6.07 Å². The minimum Gasteiger partial charge on any atom is -0.530 e. The van der Waals surface area contributed by atoms with E-state index in [9.17, 15) is 23.1 Å². The summed E-state index contributed by atoms with van der Waals surface area (Å²) < 4.78 is 39.4. The van der Waals surface area contributed by atoms with Gasteiger partial charge in [0, 0.05) is 11.8 Å². The van der Waals surface area contributed by atoms with E-state index in [2.05, 4.69) is 4.74 Å². The van der Waals surface area contributed by atoms with E-state index in [1.54, 1.807) is 5.32 Å². The van der Waals surface area contributed by atoms with E-state index in [0.29, 0.717) is 0 Å². The second-order valence-electron chi connectivity index (χ2n) is 2.72. The van der Waals surface area contributed by atoms with Crippen LogP contribution in [0.5, 0.6) is 5.75 Å². The lowest BCUT2D eigenvalue weighted by molar-refractivity contribution is -0.274. The Hall–Kier alpha value is -2.12. The van der Waals surface area contributed by atoms with Crippen LogP contribution in [0.15, 0.2) is 18.2 Å². The summed E-state index contributed by atoms with van der Waals surface area (Å²) in [5.74, 6) is -0.739. The number of rotatable bonds is 2. The first kappa shape index (κ1) is 12.0. The van der Waals surface area contributed by atoms with Crippen molar-refractivity contribution in [2.75, 3.05) is 11.1 Å². The van der Waals surface area contributed by atoms with Gasteiger partial charge < -0.3 is 25.7 Å². The average molecular weight is 235 g/mol. The number of carbonyl (C=O) groups excluding carboxylic acids is 1. The van der Waals surface area contributed by atoms with Gasteiger partial charge in [-0.25, -0.2) is 0 Å². The first-order valence-corrected chi connectivity index (χ1v) is 3.91. The molecule has 0 aliphatic rings. The molecule has 8 heteroatoms. The number of carbonyl (C=O) groups is 1. The van der Waals surface area contributed by atoms with Gasteiger partial charge in [0.2, 0.25) is 0 Å². The number of ether oxygens (including phenoxy) is 1. The minimum atomic E-state index is -4.93. The molecular weight excluding hydrogens is 229 g/mol. The highest BCUT2D eigenvalue weighted by molar-refractivity contribution is 5.84. The lowest BCUT2D eigenvalue weighted by Gasteiger charge is -2.15. The SMILES string of the molecule is Nc1ccc(NC(=O)[O-])c(OC(F)(F)F)c1. The zero-order valence-electron chi connectivity index (χ0n) is 7.67. The molecule has 1 aromatic rings. The Morgan fingerprint density at radius 2 is 2.06 bits per heavy atom. The molecule has 1 rings (SSSR count). The Morgan fingerprint density at radius 1 is 1.44 bits per heavy atom. The molecule has 1 aromatic carbocycles. The number of alkyl halides is 3. The van der Waals surface area contributed by atoms with Crippen molar-refractivity contribution in [2.24, 2.45) is 0 Å². The number of halogens is 3. The van der Waals surface area contributed by atoms with Crippen molar-refractivity contribution < 1.29 is 27.8 Å². The van der Waals surface area contributed by atoms with Crippen molar-refractivity contribution in [3.8, 4) is 5.75 Å². The molecule has 0 aliphatic heterocycles. The zero-order chi connectivity index (χ0) is 12.3. The summed E-state index contributed by atoms with van der Waals surface area (Å²) in [6, 6.07) is 3.10. The predicted octanol–water partition coefficient (Wildman–Crippen LogP) is 0.923. The molecular formula is C8H6F3N2O3-. The number of nitrogens with one attached hydrogen (secondary N) is 1. The summed E-state index contributed by atoms with van der Waals surface area (Å²) in [6.45, 7) is 0. The highest BCUT2D eigenvalue weighted by atomic mass is 19.4. The minimum absolute atomic E-state index is 0.00291. The van der Waals surface area contributed by atoms with Gasteiger partial charge in [-0.1, -0.05) is 0 Å². The first-order valence-electron chi connectivity index (χ1n) is 3.91. The molecule has 88 valence electrons. The molecule has 0 heterocycles.